The molecule has 1 aliphatic heterocycles. The van der Waals surface area contributed by atoms with Gasteiger partial charge in [-0.3, -0.25) is 9.59 Å². The standard InChI is InChI=1S/C22H26FN3O2S/c23-17-6-8-18(9-7-17)24-21(27)15-25-10-12-26(13-11-25)22(28)20-14-16-4-2-1-3-5-19(16)29-20/h6-9,14H,1-5,10-13,15H2,(H,24,27)/p+1. The summed E-state index contributed by atoms with van der Waals surface area (Å²) in [5.41, 5.74) is 1.97. The third-order valence-corrected chi connectivity index (χ3v) is 6.98. The van der Waals surface area contributed by atoms with Crippen LogP contribution in [0.2, 0.25) is 0 Å². The number of carbonyl (C=O) groups excluding carboxylic acids is 2. The Balaban J connectivity index is 1.27. The Morgan fingerprint density at radius 2 is 1.79 bits per heavy atom. The first-order chi connectivity index (χ1) is 14.1. The number of hydrogen-bond donors (Lipinski definition) is 2. The normalized spacial score (nSPS) is 17.5. The Morgan fingerprint density at radius 3 is 2.55 bits per heavy atom. The van der Waals surface area contributed by atoms with Crippen LogP contribution in [0.1, 0.15) is 39.4 Å². The van der Waals surface area contributed by atoms with Gasteiger partial charge >= 0.3 is 0 Å². The fourth-order valence-electron chi connectivity index (χ4n) is 4.10. The average Bonchev–Trinajstić information content (AvgIpc) is 3.00. The van der Waals surface area contributed by atoms with Crippen molar-refractivity contribution in [1.29, 1.82) is 0 Å². The predicted octanol–water partition coefficient (Wildman–Crippen LogP) is 2.14. The average molecular weight is 417 g/mol. The molecule has 2 aliphatic rings. The van der Waals surface area contributed by atoms with E-state index in [1.807, 2.05) is 4.90 Å². The molecule has 2 amide bonds. The molecule has 2 heterocycles. The molecule has 154 valence electrons. The summed E-state index contributed by atoms with van der Waals surface area (Å²) in [5.74, 6) is -0.275. The topological polar surface area (TPSA) is 53.9 Å². The quantitative estimate of drug-likeness (QED) is 0.751. The van der Waals surface area contributed by atoms with Gasteiger partial charge in [-0.15, -0.1) is 11.3 Å². The number of hydrogen-bond acceptors (Lipinski definition) is 3. The summed E-state index contributed by atoms with van der Waals surface area (Å²) in [6.07, 6.45) is 5.93. The van der Waals surface area contributed by atoms with Crippen LogP contribution in [0, 0.1) is 5.82 Å². The highest BCUT2D eigenvalue weighted by Gasteiger charge is 2.27. The maximum atomic E-state index is 13.0. The first-order valence-electron chi connectivity index (χ1n) is 10.4. The Bertz CT molecular complexity index is 849. The summed E-state index contributed by atoms with van der Waals surface area (Å²) in [4.78, 5) is 30.5. The summed E-state index contributed by atoms with van der Waals surface area (Å²) in [5, 5.41) is 2.80. The maximum Gasteiger partial charge on any atom is 0.279 e. The molecule has 0 saturated carbocycles. The summed E-state index contributed by atoms with van der Waals surface area (Å²) in [6.45, 7) is 3.20. The molecular formula is C22H27FN3O2S+. The van der Waals surface area contributed by atoms with Gasteiger partial charge < -0.3 is 15.1 Å². The monoisotopic (exact) mass is 416 g/mol. The lowest BCUT2D eigenvalue weighted by Gasteiger charge is -2.31. The predicted molar refractivity (Wildman–Crippen MR) is 112 cm³/mol. The summed E-state index contributed by atoms with van der Waals surface area (Å²) < 4.78 is 13.0. The third kappa shape index (κ3) is 5.03. The molecule has 0 spiro atoms. The number of amides is 2. The molecule has 0 atom stereocenters. The second-order valence-electron chi connectivity index (χ2n) is 7.89. The van der Waals surface area contributed by atoms with Crippen LogP contribution in [-0.2, 0) is 17.6 Å². The van der Waals surface area contributed by atoms with Gasteiger partial charge in [-0.25, -0.2) is 4.39 Å². The molecule has 1 saturated heterocycles. The Labute approximate surface area is 174 Å². The van der Waals surface area contributed by atoms with Crippen LogP contribution in [0.3, 0.4) is 0 Å². The van der Waals surface area contributed by atoms with Crippen molar-refractivity contribution in [2.45, 2.75) is 32.1 Å². The van der Waals surface area contributed by atoms with Gasteiger partial charge in [-0.05, 0) is 61.6 Å². The third-order valence-electron chi connectivity index (χ3n) is 5.75. The molecule has 1 aromatic carbocycles. The molecule has 7 heteroatoms. The van der Waals surface area contributed by atoms with Gasteiger partial charge in [-0.1, -0.05) is 6.42 Å². The van der Waals surface area contributed by atoms with Crippen molar-refractivity contribution in [2.75, 3.05) is 38.0 Å². The fourth-order valence-corrected chi connectivity index (χ4v) is 5.32. The van der Waals surface area contributed by atoms with Crippen LogP contribution in [-0.4, -0.2) is 49.4 Å². The van der Waals surface area contributed by atoms with Crippen molar-refractivity contribution >= 4 is 28.8 Å². The van der Waals surface area contributed by atoms with E-state index >= 15 is 0 Å². The highest BCUT2D eigenvalue weighted by Crippen LogP contribution is 2.29. The van der Waals surface area contributed by atoms with Crippen molar-refractivity contribution in [2.24, 2.45) is 0 Å². The lowest BCUT2D eigenvalue weighted by atomic mass is 10.1. The minimum absolute atomic E-state index is 0.0895. The van der Waals surface area contributed by atoms with Crippen molar-refractivity contribution in [3.8, 4) is 0 Å². The molecule has 2 N–H and O–H groups in total. The number of anilines is 1. The summed E-state index contributed by atoms with van der Waals surface area (Å²) in [6, 6.07) is 7.89. The van der Waals surface area contributed by atoms with Crippen molar-refractivity contribution in [3.63, 3.8) is 0 Å². The van der Waals surface area contributed by atoms with Gasteiger partial charge in [0.25, 0.3) is 11.8 Å². The van der Waals surface area contributed by atoms with Gasteiger partial charge in [0.05, 0.1) is 31.1 Å². The van der Waals surface area contributed by atoms with Crippen LogP contribution in [0.4, 0.5) is 10.1 Å². The number of aryl methyl sites for hydroxylation is 2. The van der Waals surface area contributed by atoms with Crippen LogP contribution in [0.15, 0.2) is 30.3 Å². The highest BCUT2D eigenvalue weighted by atomic mass is 32.1. The Hall–Kier alpha value is -2.25. The number of benzene rings is 1. The highest BCUT2D eigenvalue weighted by molar-refractivity contribution is 7.14. The molecule has 5 nitrogen and oxygen atoms in total. The molecule has 1 aromatic heterocycles. The van der Waals surface area contributed by atoms with Gasteiger partial charge in [0.2, 0.25) is 0 Å². The molecule has 2 aromatic rings. The van der Waals surface area contributed by atoms with E-state index in [1.165, 1.54) is 41.8 Å². The smallest absolute Gasteiger partial charge is 0.279 e. The molecule has 1 fully saturated rings. The molecule has 0 bridgehead atoms. The number of thiophene rings is 1. The first kappa shape index (κ1) is 20.0. The van der Waals surface area contributed by atoms with E-state index in [0.29, 0.717) is 25.3 Å². The first-order valence-corrected chi connectivity index (χ1v) is 11.2. The SMILES string of the molecule is O=C(C[NH+]1CCN(C(=O)c2cc3c(s2)CCCCC3)CC1)Nc1ccc(F)cc1. The fraction of sp³-hybridized carbons (Fsp3) is 0.455. The van der Waals surface area contributed by atoms with E-state index < -0.39 is 0 Å². The number of nitrogens with zero attached hydrogens (tertiary/aromatic N) is 1. The molecule has 29 heavy (non-hydrogen) atoms. The number of halogens is 1. The van der Waals surface area contributed by atoms with E-state index in [0.717, 1.165) is 35.7 Å². The molecular weight excluding hydrogens is 389 g/mol. The van der Waals surface area contributed by atoms with E-state index in [2.05, 4.69) is 11.4 Å². The van der Waals surface area contributed by atoms with Crippen LogP contribution < -0.4 is 10.2 Å². The van der Waals surface area contributed by atoms with Crippen molar-refractivity contribution < 1.29 is 18.9 Å². The van der Waals surface area contributed by atoms with Crippen LogP contribution >= 0.6 is 11.3 Å². The van der Waals surface area contributed by atoms with E-state index in [-0.39, 0.29) is 17.6 Å². The second kappa shape index (κ2) is 9.05. The zero-order valence-electron chi connectivity index (χ0n) is 16.5. The molecule has 4 rings (SSSR count). The maximum absolute atomic E-state index is 13.0. The van der Waals surface area contributed by atoms with Gasteiger partial charge in [0, 0.05) is 10.6 Å². The zero-order valence-corrected chi connectivity index (χ0v) is 17.3. The van der Waals surface area contributed by atoms with Gasteiger partial charge in [0.1, 0.15) is 5.82 Å². The van der Waals surface area contributed by atoms with Crippen LogP contribution in [0.5, 0.6) is 0 Å². The van der Waals surface area contributed by atoms with E-state index in [9.17, 15) is 14.0 Å². The minimum atomic E-state index is -0.323. The number of piperazine rings is 1. The molecule has 1 aliphatic carbocycles. The molecule has 0 unspecified atom stereocenters. The van der Waals surface area contributed by atoms with Crippen LogP contribution in [0.25, 0.3) is 0 Å². The number of carbonyl (C=O) groups is 2. The summed E-state index contributed by atoms with van der Waals surface area (Å²) >= 11 is 1.68. The molecule has 0 radical (unpaired) electrons. The largest absolute Gasteiger partial charge is 0.327 e. The number of fused-ring (bicyclic) bond motifs is 1. The zero-order chi connectivity index (χ0) is 20.2. The van der Waals surface area contributed by atoms with Crippen molar-refractivity contribution in [1.82, 2.24) is 4.90 Å². The number of nitrogens with one attached hydrogen (secondary N) is 2. The Kier molecular flexibility index (Phi) is 6.25. The van der Waals surface area contributed by atoms with Gasteiger partial charge in [-0.2, -0.15) is 0 Å². The Morgan fingerprint density at radius 1 is 1.07 bits per heavy atom. The lowest BCUT2D eigenvalue weighted by Crippen LogP contribution is -3.15. The van der Waals surface area contributed by atoms with Crippen molar-refractivity contribution in [3.05, 3.63) is 51.5 Å². The van der Waals surface area contributed by atoms with E-state index in [1.54, 1.807) is 23.5 Å². The lowest BCUT2D eigenvalue weighted by molar-refractivity contribution is -0.895. The number of quaternary nitrogens is 1. The minimum Gasteiger partial charge on any atom is -0.327 e. The van der Waals surface area contributed by atoms with Gasteiger partial charge in [0.15, 0.2) is 6.54 Å². The summed E-state index contributed by atoms with van der Waals surface area (Å²) in [7, 11) is 0. The number of rotatable bonds is 4. The van der Waals surface area contributed by atoms with E-state index in [4.69, 9.17) is 0 Å². The second-order valence-corrected chi connectivity index (χ2v) is 9.03.